The first kappa shape index (κ1) is 15.6. The highest BCUT2D eigenvalue weighted by atomic mass is 16.5. The Hall–Kier alpha value is -2.82. The molecule has 0 aliphatic heterocycles. The van der Waals surface area contributed by atoms with E-state index in [9.17, 15) is 4.79 Å². The SMILES string of the molecule is COc1cccc(C=NNC(=O)COc2ccccc2C)c1. The molecule has 0 aromatic heterocycles. The average Bonchev–Trinajstić information content (AvgIpc) is 2.54. The first-order valence-electron chi connectivity index (χ1n) is 6.83. The topological polar surface area (TPSA) is 59.9 Å². The standard InChI is InChI=1S/C17H18N2O3/c1-13-6-3-4-9-16(13)22-12-17(20)19-18-11-14-7-5-8-15(10-14)21-2/h3-11H,12H2,1-2H3,(H,19,20). The lowest BCUT2D eigenvalue weighted by atomic mass is 10.2. The fourth-order valence-electron chi connectivity index (χ4n) is 1.79. The van der Waals surface area contributed by atoms with Crippen molar-refractivity contribution in [2.75, 3.05) is 13.7 Å². The number of hydrogen-bond donors (Lipinski definition) is 1. The Morgan fingerprint density at radius 2 is 2.05 bits per heavy atom. The van der Waals surface area contributed by atoms with E-state index in [1.54, 1.807) is 13.3 Å². The highest BCUT2D eigenvalue weighted by Gasteiger charge is 2.03. The molecule has 1 N–H and O–H groups in total. The molecule has 0 spiro atoms. The van der Waals surface area contributed by atoms with E-state index < -0.39 is 0 Å². The summed E-state index contributed by atoms with van der Waals surface area (Å²) in [6.45, 7) is 1.84. The molecule has 0 radical (unpaired) electrons. The van der Waals surface area contributed by atoms with Crippen molar-refractivity contribution in [1.82, 2.24) is 5.43 Å². The van der Waals surface area contributed by atoms with Gasteiger partial charge in [0.1, 0.15) is 11.5 Å². The minimum Gasteiger partial charge on any atom is -0.497 e. The van der Waals surface area contributed by atoms with Crippen LogP contribution in [-0.2, 0) is 4.79 Å². The maximum atomic E-state index is 11.7. The van der Waals surface area contributed by atoms with Crippen molar-refractivity contribution < 1.29 is 14.3 Å². The third kappa shape index (κ3) is 4.63. The zero-order chi connectivity index (χ0) is 15.8. The third-order valence-electron chi connectivity index (χ3n) is 2.95. The van der Waals surface area contributed by atoms with Crippen molar-refractivity contribution in [3.8, 4) is 11.5 Å². The van der Waals surface area contributed by atoms with Gasteiger partial charge in [0.25, 0.3) is 5.91 Å². The van der Waals surface area contributed by atoms with Gasteiger partial charge in [0.2, 0.25) is 0 Å². The number of nitrogens with zero attached hydrogens (tertiary/aromatic N) is 1. The van der Waals surface area contributed by atoms with E-state index in [0.717, 1.165) is 16.9 Å². The van der Waals surface area contributed by atoms with E-state index in [0.29, 0.717) is 5.75 Å². The van der Waals surface area contributed by atoms with Crippen LogP contribution in [0.1, 0.15) is 11.1 Å². The summed E-state index contributed by atoms with van der Waals surface area (Å²) in [5.74, 6) is 1.11. The van der Waals surface area contributed by atoms with Crippen LogP contribution >= 0.6 is 0 Å². The maximum Gasteiger partial charge on any atom is 0.277 e. The molecule has 2 rings (SSSR count). The second-order valence-electron chi connectivity index (χ2n) is 4.62. The van der Waals surface area contributed by atoms with Gasteiger partial charge >= 0.3 is 0 Å². The maximum absolute atomic E-state index is 11.7. The summed E-state index contributed by atoms with van der Waals surface area (Å²) in [5, 5.41) is 3.89. The first-order valence-corrected chi connectivity index (χ1v) is 6.83. The van der Waals surface area contributed by atoms with E-state index >= 15 is 0 Å². The van der Waals surface area contributed by atoms with E-state index in [1.807, 2.05) is 55.5 Å². The number of methoxy groups -OCH3 is 1. The Balaban J connectivity index is 1.82. The monoisotopic (exact) mass is 298 g/mol. The van der Waals surface area contributed by atoms with Gasteiger partial charge in [0.05, 0.1) is 13.3 Å². The number of rotatable bonds is 6. The molecule has 0 fully saturated rings. The van der Waals surface area contributed by atoms with Gasteiger partial charge in [-0.15, -0.1) is 0 Å². The molecule has 0 atom stereocenters. The molecule has 5 heteroatoms. The Kier molecular flexibility index (Phi) is 5.54. The summed E-state index contributed by atoms with van der Waals surface area (Å²) >= 11 is 0. The Labute approximate surface area is 129 Å². The van der Waals surface area contributed by atoms with Crippen LogP contribution in [0.2, 0.25) is 0 Å². The number of ether oxygens (including phenoxy) is 2. The molecule has 2 aromatic rings. The number of amides is 1. The van der Waals surface area contributed by atoms with Gasteiger partial charge < -0.3 is 9.47 Å². The quantitative estimate of drug-likeness (QED) is 0.658. The Bertz CT molecular complexity index is 668. The van der Waals surface area contributed by atoms with Crippen LogP contribution in [0.4, 0.5) is 0 Å². The molecular formula is C17H18N2O3. The highest BCUT2D eigenvalue weighted by molar-refractivity contribution is 5.83. The minimum atomic E-state index is -0.317. The number of nitrogens with one attached hydrogen (secondary N) is 1. The molecule has 0 saturated carbocycles. The molecule has 5 nitrogen and oxygen atoms in total. The smallest absolute Gasteiger partial charge is 0.277 e. The lowest BCUT2D eigenvalue weighted by Crippen LogP contribution is -2.24. The summed E-state index contributed by atoms with van der Waals surface area (Å²) in [5.41, 5.74) is 4.24. The molecule has 0 unspecified atom stereocenters. The van der Waals surface area contributed by atoms with Crippen LogP contribution in [0.5, 0.6) is 11.5 Å². The first-order chi connectivity index (χ1) is 10.7. The van der Waals surface area contributed by atoms with Gasteiger partial charge in [-0.1, -0.05) is 30.3 Å². The lowest BCUT2D eigenvalue weighted by molar-refractivity contribution is -0.123. The van der Waals surface area contributed by atoms with Crippen molar-refractivity contribution >= 4 is 12.1 Å². The lowest BCUT2D eigenvalue weighted by Gasteiger charge is -2.07. The number of para-hydroxylation sites is 1. The second-order valence-corrected chi connectivity index (χ2v) is 4.62. The normalized spacial score (nSPS) is 10.5. The summed E-state index contributed by atoms with van der Waals surface area (Å²) < 4.78 is 10.5. The van der Waals surface area contributed by atoms with Crippen molar-refractivity contribution in [3.05, 3.63) is 59.7 Å². The third-order valence-corrected chi connectivity index (χ3v) is 2.95. The molecule has 2 aromatic carbocycles. The number of carbonyl (C=O) groups excluding carboxylic acids is 1. The van der Waals surface area contributed by atoms with Gasteiger partial charge in [-0.05, 0) is 36.2 Å². The molecule has 114 valence electrons. The van der Waals surface area contributed by atoms with E-state index in [-0.39, 0.29) is 12.5 Å². The van der Waals surface area contributed by atoms with Gasteiger partial charge in [-0.3, -0.25) is 4.79 Å². The number of hydrogen-bond acceptors (Lipinski definition) is 4. The highest BCUT2D eigenvalue weighted by Crippen LogP contribution is 2.15. The molecule has 0 saturated heterocycles. The predicted molar refractivity (Wildman–Crippen MR) is 85.4 cm³/mol. The number of aryl methyl sites for hydroxylation is 1. The van der Waals surface area contributed by atoms with Crippen LogP contribution in [0.3, 0.4) is 0 Å². The summed E-state index contributed by atoms with van der Waals surface area (Å²) in [4.78, 5) is 11.7. The predicted octanol–water partition coefficient (Wildman–Crippen LogP) is 2.53. The number of hydrazone groups is 1. The van der Waals surface area contributed by atoms with E-state index in [1.165, 1.54) is 0 Å². The second kappa shape index (κ2) is 7.83. The van der Waals surface area contributed by atoms with Crippen LogP contribution < -0.4 is 14.9 Å². The van der Waals surface area contributed by atoms with Crippen molar-refractivity contribution in [1.29, 1.82) is 0 Å². The van der Waals surface area contributed by atoms with Crippen LogP contribution in [0.15, 0.2) is 53.6 Å². The van der Waals surface area contributed by atoms with Gasteiger partial charge in [-0.2, -0.15) is 5.10 Å². The van der Waals surface area contributed by atoms with Crippen molar-refractivity contribution in [3.63, 3.8) is 0 Å². The summed E-state index contributed by atoms with van der Waals surface area (Å²) in [6, 6.07) is 14.9. The van der Waals surface area contributed by atoms with Crippen LogP contribution in [0.25, 0.3) is 0 Å². The Morgan fingerprint density at radius 1 is 1.23 bits per heavy atom. The zero-order valence-electron chi connectivity index (χ0n) is 12.6. The molecule has 0 heterocycles. The van der Waals surface area contributed by atoms with Gasteiger partial charge in [-0.25, -0.2) is 5.43 Å². The fraction of sp³-hybridized carbons (Fsp3) is 0.176. The van der Waals surface area contributed by atoms with Crippen LogP contribution in [0, 0.1) is 6.92 Å². The molecule has 22 heavy (non-hydrogen) atoms. The van der Waals surface area contributed by atoms with E-state index in [2.05, 4.69) is 10.5 Å². The van der Waals surface area contributed by atoms with E-state index in [4.69, 9.17) is 9.47 Å². The molecule has 0 bridgehead atoms. The molecule has 0 aliphatic rings. The molecule has 1 amide bonds. The van der Waals surface area contributed by atoms with Crippen LogP contribution in [-0.4, -0.2) is 25.8 Å². The van der Waals surface area contributed by atoms with Crippen molar-refractivity contribution in [2.24, 2.45) is 5.10 Å². The van der Waals surface area contributed by atoms with Crippen molar-refractivity contribution in [2.45, 2.75) is 6.92 Å². The minimum absolute atomic E-state index is 0.0830. The largest absolute Gasteiger partial charge is 0.497 e. The number of carbonyl (C=O) groups is 1. The Morgan fingerprint density at radius 3 is 2.82 bits per heavy atom. The molecule has 0 aliphatic carbocycles. The summed E-state index contributed by atoms with van der Waals surface area (Å²) in [7, 11) is 1.60. The zero-order valence-corrected chi connectivity index (χ0v) is 12.6. The summed E-state index contributed by atoms with van der Waals surface area (Å²) in [6.07, 6.45) is 1.55. The van der Waals surface area contributed by atoms with Gasteiger partial charge in [0.15, 0.2) is 6.61 Å². The van der Waals surface area contributed by atoms with Gasteiger partial charge in [0, 0.05) is 0 Å². The molecular weight excluding hydrogens is 280 g/mol. The fourth-order valence-corrected chi connectivity index (χ4v) is 1.79. The number of benzene rings is 2. The average molecular weight is 298 g/mol.